The Bertz CT molecular complexity index is 1170. The Balaban J connectivity index is 1.42. The number of sulfonamides is 1. The summed E-state index contributed by atoms with van der Waals surface area (Å²) < 4.78 is 56.0. The summed E-state index contributed by atoms with van der Waals surface area (Å²) in [5.74, 6) is -0.649. The number of benzene rings is 2. The van der Waals surface area contributed by atoms with Gasteiger partial charge in [-0.05, 0) is 54.1 Å². The molecule has 0 saturated carbocycles. The van der Waals surface area contributed by atoms with Crippen molar-refractivity contribution in [2.24, 2.45) is 0 Å². The van der Waals surface area contributed by atoms with Gasteiger partial charge in [0.1, 0.15) is 18.2 Å². The molecule has 0 spiro atoms. The molecule has 0 atom stereocenters. The molecule has 7 nitrogen and oxygen atoms in total. The summed E-state index contributed by atoms with van der Waals surface area (Å²) in [4.78, 5) is 12.5. The summed E-state index contributed by atoms with van der Waals surface area (Å²) in [5, 5.41) is 0. The van der Waals surface area contributed by atoms with Crippen molar-refractivity contribution >= 4 is 16.0 Å². The van der Waals surface area contributed by atoms with Crippen molar-refractivity contribution in [3.63, 3.8) is 0 Å². The Hall–Kier alpha value is -3.01. The fraction of sp³-hybridized carbons (Fsp3) is 0.227. The van der Waals surface area contributed by atoms with Crippen molar-refractivity contribution in [3.8, 4) is 11.3 Å². The topological polar surface area (TPSA) is 86.1 Å². The highest BCUT2D eigenvalue weighted by molar-refractivity contribution is 7.89. The Morgan fingerprint density at radius 3 is 2.52 bits per heavy atom. The SMILES string of the molecule is O=C(OCc1cccc(S(=O)(=O)N2CCOCC2)c1)c1ccc(-c2ccc(F)cc2)o1. The van der Waals surface area contributed by atoms with Crippen molar-refractivity contribution in [2.75, 3.05) is 26.3 Å². The minimum atomic E-state index is -3.64. The first kappa shape index (κ1) is 21.2. The first-order valence-corrected chi connectivity index (χ1v) is 11.1. The van der Waals surface area contributed by atoms with Gasteiger partial charge in [0.15, 0.2) is 0 Å². The lowest BCUT2D eigenvalue weighted by Gasteiger charge is -2.26. The minimum absolute atomic E-state index is 0.00332. The van der Waals surface area contributed by atoms with E-state index >= 15 is 0 Å². The molecule has 2 aromatic carbocycles. The van der Waals surface area contributed by atoms with Gasteiger partial charge >= 0.3 is 5.97 Å². The molecule has 0 amide bonds. The van der Waals surface area contributed by atoms with Crippen LogP contribution in [0.2, 0.25) is 0 Å². The maximum Gasteiger partial charge on any atom is 0.374 e. The predicted molar refractivity (Wildman–Crippen MR) is 109 cm³/mol. The smallest absolute Gasteiger partial charge is 0.374 e. The molecule has 0 unspecified atom stereocenters. The van der Waals surface area contributed by atoms with Gasteiger partial charge in [0, 0.05) is 18.7 Å². The van der Waals surface area contributed by atoms with Gasteiger partial charge in [0.05, 0.1) is 18.1 Å². The number of ether oxygens (including phenoxy) is 2. The molecule has 0 N–H and O–H groups in total. The van der Waals surface area contributed by atoms with Crippen LogP contribution in [0.1, 0.15) is 16.1 Å². The summed E-state index contributed by atoms with van der Waals surface area (Å²) in [6.07, 6.45) is 0. The second-order valence-corrected chi connectivity index (χ2v) is 8.85. The molecule has 0 radical (unpaired) electrons. The highest BCUT2D eigenvalue weighted by Crippen LogP contribution is 2.23. The van der Waals surface area contributed by atoms with E-state index in [0.717, 1.165) is 0 Å². The number of halogens is 1. The van der Waals surface area contributed by atoms with E-state index in [1.807, 2.05) is 0 Å². The van der Waals surface area contributed by atoms with E-state index in [1.165, 1.54) is 34.6 Å². The highest BCUT2D eigenvalue weighted by atomic mass is 32.2. The molecule has 9 heteroatoms. The average molecular weight is 445 g/mol. The third-order valence-electron chi connectivity index (χ3n) is 4.81. The molecule has 1 aliphatic heterocycles. The monoisotopic (exact) mass is 445 g/mol. The number of morpholine rings is 1. The zero-order valence-electron chi connectivity index (χ0n) is 16.5. The van der Waals surface area contributed by atoms with Crippen LogP contribution in [0.5, 0.6) is 0 Å². The second kappa shape index (κ2) is 9.01. The first-order valence-electron chi connectivity index (χ1n) is 9.63. The van der Waals surface area contributed by atoms with E-state index in [0.29, 0.717) is 43.2 Å². The van der Waals surface area contributed by atoms with Gasteiger partial charge in [0.2, 0.25) is 15.8 Å². The van der Waals surface area contributed by atoms with Gasteiger partial charge in [-0.2, -0.15) is 4.31 Å². The van der Waals surface area contributed by atoms with Crippen molar-refractivity contribution in [1.29, 1.82) is 0 Å². The van der Waals surface area contributed by atoms with Crippen molar-refractivity contribution in [1.82, 2.24) is 4.31 Å². The van der Waals surface area contributed by atoms with E-state index in [4.69, 9.17) is 13.9 Å². The molecule has 1 saturated heterocycles. The van der Waals surface area contributed by atoms with Crippen molar-refractivity contribution in [3.05, 3.63) is 77.8 Å². The normalized spacial score (nSPS) is 15.0. The molecule has 162 valence electrons. The van der Waals surface area contributed by atoms with Gasteiger partial charge in [0.25, 0.3) is 0 Å². The molecule has 1 aliphatic rings. The van der Waals surface area contributed by atoms with Crippen LogP contribution in [0.3, 0.4) is 0 Å². The Kier molecular flexibility index (Phi) is 6.17. The Morgan fingerprint density at radius 1 is 1.03 bits per heavy atom. The minimum Gasteiger partial charge on any atom is -0.455 e. The van der Waals surface area contributed by atoms with Crippen LogP contribution in [0, 0.1) is 5.82 Å². The lowest BCUT2D eigenvalue weighted by Crippen LogP contribution is -2.40. The quantitative estimate of drug-likeness (QED) is 0.540. The zero-order valence-corrected chi connectivity index (χ0v) is 17.3. The van der Waals surface area contributed by atoms with Crippen LogP contribution in [0.25, 0.3) is 11.3 Å². The summed E-state index contributed by atoms with van der Waals surface area (Å²) in [7, 11) is -3.64. The fourth-order valence-corrected chi connectivity index (χ4v) is 4.65. The van der Waals surface area contributed by atoms with E-state index < -0.39 is 16.0 Å². The van der Waals surface area contributed by atoms with Crippen LogP contribution in [-0.4, -0.2) is 45.0 Å². The second-order valence-electron chi connectivity index (χ2n) is 6.91. The number of carbonyl (C=O) groups excluding carboxylic acids is 1. The third-order valence-corrected chi connectivity index (χ3v) is 6.71. The molecule has 2 heterocycles. The van der Waals surface area contributed by atoms with Gasteiger partial charge in [-0.15, -0.1) is 0 Å². The van der Waals surface area contributed by atoms with Gasteiger partial charge in [-0.25, -0.2) is 17.6 Å². The van der Waals surface area contributed by atoms with E-state index in [-0.39, 0.29) is 23.1 Å². The van der Waals surface area contributed by atoms with Crippen LogP contribution >= 0.6 is 0 Å². The third kappa shape index (κ3) is 4.84. The van der Waals surface area contributed by atoms with Gasteiger partial charge in [-0.3, -0.25) is 0 Å². The molecule has 31 heavy (non-hydrogen) atoms. The maximum atomic E-state index is 13.1. The summed E-state index contributed by atoms with van der Waals surface area (Å²) in [6.45, 7) is 1.21. The number of nitrogens with zero attached hydrogens (tertiary/aromatic N) is 1. The molecule has 0 bridgehead atoms. The molecule has 0 aliphatic carbocycles. The van der Waals surface area contributed by atoms with Gasteiger partial charge < -0.3 is 13.9 Å². The van der Waals surface area contributed by atoms with Crippen LogP contribution in [0.4, 0.5) is 4.39 Å². The summed E-state index contributed by atoms with van der Waals surface area (Å²) in [6, 6.07) is 15.0. The van der Waals surface area contributed by atoms with Gasteiger partial charge in [-0.1, -0.05) is 12.1 Å². The lowest BCUT2D eigenvalue weighted by atomic mass is 10.2. The first-order chi connectivity index (χ1) is 14.9. The molecular formula is C22H20FNO6S. The van der Waals surface area contributed by atoms with E-state index in [1.54, 1.807) is 30.3 Å². The molecule has 4 rings (SSSR count). The fourth-order valence-electron chi connectivity index (χ4n) is 3.17. The van der Waals surface area contributed by atoms with E-state index in [9.17, 15) is 17.6 Å². The zero-order chi connectivity index (χ0) is 21.8. The number of rotatable bonds is 6. The highest BCUT2D eigenvalue weighted by Gasteiger charge is 2.26. The largest absolute Gasteiger partial charge is 0.455 e. The molecular weight excluding hydrogens is 425 g/mol. The lowest BCUT2D eigenvalue weighted by molar-refractivity contribution is 0.0437. The van der Waals surface area contributed by atoms with Crippen LogP contribution in [0.15, 0.2) is 70.0 Å². The molecule has 1 fully saturated rings. The number of furan rings is 1. The Morgan fingerprint density at radius 2 is 1.77 bits per heavy atom. The van der Waals surface area contributed by atoms with Crippen LogP contribution < -0.4 is 0 Å². The number of carbonyl (C=O) groups is 1. The molecule has 3 aromatic rings. The maximum absolute atomic E-state index is 13.1. The van der Waals surface area contributed by atoms with E-state index in [2.05, 4.69) is 0 Å². The number of esters is 1. The number of hydrogen-bond acceptors (Lipinski definition) is 6. The predicted octanol–water partition coefficient (Wildman–Crippen LogP) is 3.46. The Labute approximate surface area is 179 Å². The summed E-state index contributed by atoms with van der Waals surface area (Å²) in [5.41, 5.74) is 1.16. The van der Waals surface area contributed by atoms with Crippen LogP contribution in [-0.2, 0) is 26.1 Å². The standard InChI is InChI=1S/C22H20FNO6S/c23-18-6-4-17(5-7-18)20-8-9-21(30-20)22(25)29-15-16-2-1-3-19(14-16)31(26,27)24-10-12-28-13-11-24/h1-9,14H,10-13,15H2. The molecule has 1 aromatic heterocycles. The average Bonchev–Trinajstić information content (AvgIpc) is 3.29. The van der Waals surface area contributed by atoms with Crippen molar-refractivity contribution in [2.45, 2.75) is 11.5 Å². The van der Waals surface area contributed by atoms with Crippen molar-refractivity contribution < 1.29 is 31.5 Å². The number of hydrogen-bond donors (Lipinski definition) is 0. The summed E-state index contributed by atoms with van der Waals surface area (Å²) >= 11 is 0.